The first-order valence-electron chi connectivity index (χ1n) is 11.9. The molecule has 0 amide bonds. The Balaban J connectivity index is 1.45. The third kappa shape index (κ3) is 4.32. The van der Waals surface area contributed by atoms with Crippen molar-refractivity contribution in [2.45, 2.75) is 23.7 Å². The van der Waals surface area contributed by atoms with Gasteiger partial charge in [0.2, 0.25) is 0 Å². The Morgan fingerprint density at radius 3 is 2.63 bits per heavy atom. The van der Waals surface area contributed by atoms with Gasteiger partial charge in [-0.2, -0.15) is 0 Å². The Morgan fingerprint density at radius 1 is 1.05 bits per heavy atom. The molecule has 3 aromatic carbocycles. The fourth-order valence-corrected chi connectivity index (χ4v) is 5.61. The van der Waals surface area contributed by atoms with E-state index >= 15 is 4.39 Å². The van der Waals surface area contributed by atoms with E-state index in [1.807, 2.05) is 18.2 Å². The monoisotopic (exact) mass is 531 g/mol. The summed E-state index contributed by atoms with van der Waals surface area (Å²) < 4.78 is 55.1. The lowest BCUT2D eigenvalue weighted by Gasteiger charge is -2.17. The molecule has 0 spiro atoms. The van der Waals surface area contributed by atoms with Crippen LogP contribution in [0.4, 0.5) is 10.2 Å². The van der Waals surface area contributed by atoms with Crippen molar-refractivity contribution >= 4 is 26.7 Å². The zero-order chi connectivity index (χ0) is 26.4. The third-order valence-electron chi connectivity index (χ3n) is 6.61. The second-order valence-electron chi connectivity index (χ2n) is 9.12. The number of methoxy groups -OCH3 is 1. The van der Waals surface area contributed by atoms with Crippen molar-refractivity contribution in [3.8, 4) is 22.6 Å². The largest absolute Gasteiger partial charge is 0.495 e. The molecule has 5 aromatic rings. The average Bonchev–Trinajstić information content (AvgIpc) is 3.65. The lowest BCUT2D eigenvalue weighted by Crippen LogP contribution is -2.19. The predicted molar refractivity (Wildman–Crippen MR) is 141 cm³/mol. The number of hydrogen-bond acceptors (Lipinski definition) is 6. The number of rotatable bonds is 7. The second-order valence-corrected chi connectivity index (χ2v) is 10.8. The maximum Gasteiger partial charge on any atom is 0.263 e. The first kappa shape index (κ1) is 23.9. The molecule has 0 saturated heterocycles. The van der Waals surface area contributed by atoms with Crippen molar-refractivity contribution in [1.82, 2.24) is 9.72 Å². The van der Waals surface area contributed by atoms with Crippen LogP contribution in [0.2, 0.25) is 0 Å². The summed E-state index contributed by atoms with van der Waals surface area (Å²) in [6, 6.07) is 19.2. The molecule has 192 valence electrons. The van der Waals surface area contributed by atoms with Crippen molar-refractivity contribution in [1.29, 1.82) is 0 Å². The van der Waals surface area contributed by atoms with E-state index in [0.717, 1.165) is 18.4 Å². The number of benzene rings is 3. The summed E-state index contributed by atoms with van der Waals surface area (Å²) in [5.74, 6) is 0.359. The highest BCUT2D eigenvalue weighted by Gasteiger charge is 2.24. The van der Waals surface area contributed by atoms with Crippen LogP contribution in [-0.4, -0.2) is 25.3 Å². The van der Waals surface area contributed by atoms with Crippen LogP contribution in [-0.2, 0) is 10.0 Å². The normalized spacial score (nSPS) is 13.5. The standard InChI is InChI=1S/C28H22FN3O5S/c1-36-26-15-22(19-4-2-3-18(13-19)17-5-6-17)23(29)16-25(26)32-24-9-8-21(14-20(24)7-10-28(32)33)38(34,35)31-27-11-12-37-30-27/h2-4,7-17H,5-6H2,1H3,(H,30,31). The number of anilines is 1. The Kier molecular flexibility index (Phi) is 5.76. The van der Waals surface area contributed by atoms with Gasteiger partial charge < -0.3 is 9.26 Å². The van der Waals surface area contributed by atoms with Crippen LogP contribution in [0.5, 0.6) is 5.75 Å². The van der Waals surface area contributed by atoms with E-state index < -0.39 is 21.4 Å². The number of halogens is 1. The molecular weight excluding hydrogens is 509 g/mol. The fraction of sp³-hybridized carbons (Fsp3) is 0.143. The van der Waals surface area contributed by atoms with Crippen LogP contribution in [0.1, 0.15) is 24.3 Å². The molecule has 1 N–H and O–H groups in total. The van der Waals surface area contributed by atoms with Gasteiger partial charge in [-0.3, -0.25) is 14.1 Å². The number of ether oxygens (including phenoxy) is 1. The summed E-state index contributed by atoms with van der Waals surface area (Å²) in [6.07, 6.45) is 3.52. The highest BCUT2D eigenvalue weighted by Crippen LogP contribution is 2.42. The maximum atomic E-state index is 15.5. The second kappa shape index (κ2) is 9.14. The molecular formula is C28H22FN3O5S. The number of nitrogens with one attached hydrogen (secondary N) is 1. The first-order chi connectivity index (χ1) is 18.3. The van der Waals surface area contributed by atoms with Crippen LogP contribution in [0.25, 0.3) is 27.7 Å². The number of pyridine rings is 1. The molecule has 0 bridgehead atoms. The summed E-state index contributed by atoms with van der Waals surface area (Å²) in [6.45, 7) is 0. The molecule has 0 radical (unpaired) electrons. The average molecular weight is 532 g/mol. The predicted octanol–water partition coefficient (Wildman–Crippen LogP) is 5.47. The van der Waals surface area contributed by atoms with Crippen LogP contribution >= 0.6 is 0 Å². The zero-order valence-corrected chi connectivity index (χ0v) is 21.0. The van der Waals surface area contributed by atoms with Gasteiger partial charge in [-0.05, 0) is 60.2 Å². The molecule has 0 atom stereocenters. The Labute approximate surface area is 217 Å². The smallest absolute Gasteiger partial charge is 0.263 e. The van der Waals surface area contributed by atoms with Crippen LogP contribution in [0.15, 0.2) is 93.3 Å². The van der Waals surface area contributed by atoms with E-state index in [2.05, 4.69) is 20.5 Å². The number of nitrogens with zero attached hydrogens (tertiary/aromatic N) is 2. The molecule has 1 aliphatic rings. The van der Waals surface area contributed by atoms with E-state index in [-0.39, 0.29) is 16.4 Å². The highest BCUT2D eigenvalue weighted by atomic mass is 32.2. The van der Waals surface area contributed by atoms with Gasteiger partial charge in [-0.1, -0.05) is 29.4 Å². The van der Waals surface area contributed by atoms with E-state index in [0.29, 0.717) is 28.1 Å². The summed E-state index contributed by atoms with van der Waals surface area (Å²) >= 11 is 0. The van der Waals surface area contributed by atoms with Gasteiger partial charge in [0.1, 0.15) is 17.8 Å². The molecule has 8 nitrogen and oxygen atoms in total. The van der Waals surface area contributed by atoms with Gasteiger partial charge in [0, 0.05) is 29.1 Å². The molecule has 0 unspecified atom stereocenters. The van der Waals surface area contributed by atoms with Crippen molar-refractivity contribution < 1.29 is 22.1 Å². The first-order valence-corrected chi connectivity index (χ1v) is 13.4. The van der Waals surface area contributed by atoms with Crippen LogP contribution in [0.3, 0.4) is 0 Å². The van der Waals surface area contributed by atoms with Crippen LogP contribution in [0, 0.1) is 5.82 Å². The molecule has 0 aliphatic heterocycles. The van der Waals surface area contributed by atoms with Crippen molar-refractivity contribution in [2.24, 2.45) is 0 Å². The van der Waals surface area contributed by atoms with E-state index in [1.54, 1.807) is 6.07 Å². The number of fused-ring (bicyclic) bond motifs is 1. The molecule has 1 aliphatic carbocycles. The molecule has 6 rings (SSSR count). The zero-order valence-electron chi connectivity index (χ0n) is 20.2. The number of hydrogen-bond donors (Lipinski definition) is 1. The van der Waals surface area contributed by atoms with Crippen molar-refractivity contribution in [3.05, 3.63) is 101 Å². The molecule has 1 saturated carbocycles. The molecule has 38 heavy (non-hydrogen) atoms. The topological polar surface area (TPSA) is 103 Å². The summed E-state index contributed by atoms with van der Waals surface area (Å²) in [4.78, 5) is 13.0. The molecule has 10 heteroatoms. The minimum Gasteiger partial charge on any atom is -0.495 e. The molecule has 2 heterocycles. The quantitative estimate of drug-likeness (QED) is 0.299. The fourth-order valence-electron chi connectivity index (χ4n) is 4.58. The maximum absolute atomic E-state index is 15.5. The molecule has 1 fully saturated rings. The minimum absolute atomic E-state index is 0.0396. The Morgan fingerprint density at radius 2 is 1.89 bits per heavy atom. The van der Waals surface area contributed by atoms with Gasteiger partial charge in [0.15, 0.2) is 5.82 Å². The van der Waals surface area contributed by atoms with Crippen molar-refractivity contribution in [3.63, 3.8) is 0 Å². The van der Waals surface area contributed by atoms with Gasteiger partial charge in [-0.15, -0.1) is 0 Å². The van der Waals surface area contributed by atoms with Gasteiger partial charge in [-0.25, -0.2) is 12.8 Å². The number of aromatic nitrogens is 2. The number of sulfonamides is 1. The SMILES string of the molecule is COc1cc(-c2cccc(C3CC3)c2)c(F)cc1-n1c(=O)ccc2cc(S(=O)(=O)Nc3ccon3)ccc21. The summed E-state index contributed by atoms with van der Waals surface area (Å²) in [5, 5.41) is 4.02. The van der Waals surface area contributed by atoms with Gasteiger partial charge in [0.25, 0.3) is 15.6 Å². The minimum atomic E-state index is -3.97. The van der Waals surface area contributed by atoms with E-state index in [4.69, 9.17) is 4.74 Å². The van der Waals surface area contributed by atoms with Gasteiger partial charge in [0.05, 0.1) is 23.2 Å². The Bertz CT molecular complexity index is 1840. The Hall–Kier alpha value is -4.44. The third-order valence-corrected chi connectivity index (χ3v) is 7.96. The molecule has 2 aromatic heterocycles. The summed E-state index contributed by atoms with van der Waals surface area (Å²) in [7, 11) is -2.51. The van der Waals surface area contributed by atoms with Gasteiger partial charge >= 0.3 is 0 Å². The summed E-state index contributed by atoms with van der Waals surface area (Å²) in [5.41, 5.74) is 2.46. The highest BCUT2D eigenvalue weighted by molar-refractivity contribution is 7.92. The lowest BCUT2D eigenvalue weighted by atomic mass is 10.00. The van der Waals surface area contributed by atoms with E-state index in [9.17, 15) is 13.2 Å². The lowest BCUT2D eigenvalue weighted by molar-refractivity contribution is 0.412. The van der Waals surface area contributed by atoms with Crippen molar-refractivity contribution in [2.75, 3.05) is 11.8 Å². The van der Waals surface area contributed by atoms with Crippen LogP contribution < -0.4 is 15.0 Å². The van der Waals surface area contributed by atoms with E-state index in [1.165, 1.54) is 66.0 Å².